The Kier molecular flexibility index (Phi) is 9.84. The highest BCUT2D eigenvalue weighted by atomic mass is 15.2. The molecule has 0 saturated carbocycles. The van der Waals surface area contributed by atoms with Crippen LogP contribution in [0.25, 0.3) is 0 Å². The molecule has 0 aromatic rings. The van der Waals surface area contributed by atoms with Gasteiger partial charge in [0.25, 0.3) is 0 Å². The van der Waals surface area contributed by atoms with Crippen molar-refractivity contribution < 1.29 is 0 Å². The van der Waals surface area contributed by atoms with Crippen LogP contribution in [0.15, 0.2) is 33.7 Å². The summed E-state index contributed by atoms with van der Waals surface area (Å²) >= 11 is 0. The van der Waals surface area contributed by atoms with E-state index in [1.165, 1.54) is 127 Å². The summed E-state index contributed by atoms with van der Waals surface area (Å²) in [5.41, 5.74) is 11.0. The van der Waals surface area contributed by atoms with Crippen LogP contribution >= 0.6 is 0 Å². The summed E-state index contributed by atoms with van der Waals surface area (Å²) < 4.78 is 0. The van der Waals surface area contributed by atoms with Crippen LogP contribution in [0.3, 0.4) is 0 Å². The van der Waals surface area contributed by atoms with Crippen LogP contribution in [0.5, 0.6) is 0 Å². The fourth-order valence-corrected chi connectivity index (χ4v) is 8.92. The Morgan fingerprint density at radius 1 is 0.474 bits per heavy atom. The van der Waals surface area contributed by atoms with E-state index in [4.69, 9.17) is 0 Å². The van der Waals surface area contributed by atoms with Gasteiger partial charge >= 0.3 is 0 Å². The van der Waals surface area contributed by atoms with Crippen LogP contribution in [0, 0.1) is 22.7 Å². The zero-order valence-corrected chi connectivity index (χ0v) is 26.8. The maximum absolute atomic E-state index is 2.54. The third kappa shape index (κ3) is 6.41. The van der Waals surface area contributed by atoms with E-state index in [1.807, 2.05) is 0 Å². The van der Waals surface area contributed by atoms with E-state index in [0.717, 1.165) is 11.8 Å². The smallest absolute Gasteiger partial charge is 0.0293 e. The molecule has 0 fully saturated rings. The number of nitrogens with zero attached hydrogens (tertiary/aromatic N) is 2. The lowest BCUT2D eigenvalue weighted by Gasteiger charge is -2.31. The molecule has 2 aliphatic heterocycles. The van der Waals surface area contributed by atoms with Crippen LogP contribution < -0.4 is 0 Å². The van der Waals surface area contributed by atoms with Gasteiger partial charge in [0, 0.05) is 37.6 Å². The average molecular weight is 523 g/mol. The SMILES string of the molecule is CC1=C(C)C2(C)CCCC1(C)CCC2.CC1=C(C)C2CCCC1CCC2.CC1=C(C)N2CCCN1CCC2. The first-order valence-corrected chi connectivity index (χ1v) is 16.6. The Bertz CT molecular complexity index is 776. The zero-order valence-electron chi connectivity index (χ0n) is 26.8. The minimum absolute atomic E-state index is 0.540. The average Bonchev–Trinajstić information content (AvgIpc) is 3.25. The van der Waals surface area contributed by atoms with E-state index in [-0.39, 0.29) is 0 Å². The molecule has 0 unspecified atom stereocenters. The molecule has 0 spiro atoms. The highest BCUT2D eigenvalue weighted by molar-refractivity contribution is 5.27. The van der Waals surface area contributed by atoms with Gasteiger partial charge in [0.05, 0.1) is 0 Å². The molecule has 2 nitrogen and oxygen atoms in total. The summed E-state index contributed by atoms with van der Waals surface area (Å²) in [6.07, 6.45) is 20.1. The van der Waals surface area contributed by atoms with E-state index in [1.54, 1.807) is 22.3 Å². The lowest BCUT2D eigenvalue weighted by atomic mass is 9.74. The van der Waals surface area contributed by atoms with Gasteiger partial charge in [-0.3, -0.25) is 0 Å². The summed E-state index contributed by atoms with van der Waals surface area (Å²) in [6.45, 7) is 24.1. The Morgan fingerprint density at radius 3 is 1.11 bits per heavy atom. The van der Waals surface area contributed by atoms with Crippen molar-refractivity contribution in [1.29, 1.82) is 0 Å². The van der Waals surface area contributed by atoms with Crippen LogP contribution in [0.4, 0.5) is 0 Å². The Hall–Kier alpha value is -1.18. The molecule has 38 heavy (non-hydrogen) atoms. The number of hydrogen-bond acceptors (Lipinski definition) is 2. The fraction of sp³-hybridized carbons (Fsp3) is 0.833. The Labute approximate surface area is 237 Å². The summed E-state index contributed by atoms with van der Waals surface area (Å²) in [4.78, 5) is 5.09. The van der Waals surface area contributed by atoms with Gasteiger partial charge in [0.15, 0.2) is 0 Å². The molecule has 0 amide bonds. The monoisotopic (exact) mass is 522 g/mol. The first kappa shape index (κ1) is 29.8. The van der Waals surface area contributed by atoms with Gasteiger partial charge < -0.3 is 9.80 Å². The fourth-order valence-electron chi connectivity index (χ4n) is 8.92. The minimum atomic E-state index is 0.540. The predicted octanol–water partition coefficient (Wildman–Crippen LogP) is 10.3. The number of rotatable bonds is 0. The molecule has 0 atom stereocenters. The molecule has 6 rings (SSSR count). The lowest BCUT2D eigenvalue weighted by Crippen LogP contribution is -2.28. The molecule has 0 aromatic heterocycles. The van der Waals surface area contributed by atoms with Crippen molar-refractivity contribution in [1.82, 2.24) is 9.80 Å². The highest BCUT2D eigenvalue weighted by Gasteiger charge is 2.40. The van der Waals surface area contributed by atoms with E-state index >= 15 is 0 Å². The zero-order chi connectivity index (χ0) is 27.5. The van der Waals surface area contributed by atoms with Crippen molar-refractivity contribution in [2.45, 2.75) is 145 Å². The van der Waals surface area contributed by atoms with Crippen molar-refractivity contribution in [3.63, 3.8) is 0 Å². The van der Waals surface area contributed by atoms with E-state index in [2.05, 4.69) is 65.2 Å². The minimum Gasteiger partial charge on any atom is -0.374 e. The number of fused-ring (bicyclic) bond motifs is 6. The van der Waals surface area contributed by atoms with Gasteiger partial charge in [0.1, 0.15) is 0 Å². The summed E-state index contributed by atoms with van der Waals surface area (Å²) in [6, 6.07) is 0. The van der Waals surface area contributed by atoms with Gasteiger partial charge in [-0.1, -0.05) is 61.8 Å². The normalized spacial score (nSPS) is 35.4. The van der Waals surface area contributed by atoms with Crippen LogP contribution in [0.2, 0.25) is 0 Å². The van der Waals surface area contributed by atoms with Gasteiger partial charge in [-0.2, -0.15) is 0 Å². The first-order valence-electron chi connectivity index (χ1n) is 16.6. The van der Waals surface area contributed by atoms with Crippen molar-refractivity contribution in [2.75, 3.05) is 26.2 Å². The topological polar surface area (TPSA) is 6.48 Å². The standard InChI is InChI=1S/C14H24.C12H20.C10H18N2/c1-11-12(2)14(4)9-5-7-13(11,3)8-6-10-14;2*1-9-10(2)12-7-3-5-11(9)6-4-8-12/h5-10H2,1-4H3;11-12H,3-8H2,1-2H3;3-8H2,1-2H3. The number of hydrogen-bond donors (Lipinski definition) is 0. The molecule has 0 saturated heterocycles. The third-order valence-electron chi connectivity index (χ3n) is 12.5. The molecule has 2 heterocycles. The molecule has 2 heteroatoms. The molecule has 4 aliphatic carbocycles. The second-order valence-electron chi connectivity index (χ2n) is 14.6. The molecule has 0 aromatic carbocycles. The Morgan fingerprint density at radius 2 is 0.789 bits per heavy atom. The molecular formula is C36H62N2. The second-order valence-corrected chi connectivity index (χ2v) is 14.6. The van der Waals surface area contributed by atoms with Crippen molar-refractivity contribution in [3.05, 3.63) is 33.7 Å². The number of allylic oxidation sites excluding steroid dienone is 6. The summed E-state index contributed by atoms with van der Waals surface area (Å²) in [5, 5.41) is 0. The van der Waals surface area contributed by atoms with Crippen molar-refractivity contribution >= 4 is 0 Å². The molecule has 6 bridgehead atoms. The second kappa shape index (κ2) is 12.6. The van der Waals surface area contributed by atoms with Crippen molar-refractivity contribution in [3.8, 4) is 0 Å². The van der Waals surface area contributed by atoms with Gasteiger partial charge in [-0.05, 0) is 128 Å². The first-order chi connectivity index (χ1) is 18.1. The maximum Gasteiger partial charge on any atom is 0.0293 e. The van der Waals surface area contributed by atoms with Crippen molar-refractivity contribution in [2.24, 2.45) is 22.7 Å². The van der Waals surface area contributed by atoms with E-state index in [0.29, 0.717) is 10.8 Å². The van der Waals surface area contributed by atoms with Crippen LogP contribution in [-0.4, -0.2) is 36.0 Å². The largest absolute Gasteiger partial charge is 0.374 e. The van der Waals surface area contributed by atoms with Crippen LogP contribution in [0.1, 0.15) is 145 Å². The van der Waals surface area contributed by atoms with Gasteiger partial charge in [-0.25, -0.2) is 0 Å². The molecule has 0 radical (unpaired) electrons. The van der Waals surface area contributed by atoms with Crippen LogP contribution in [-0.2, 0) is 0 Å². The summed E-state index contributed by atoms with van der Waals surface area (Å²) in [7, 11) is 0. The molecule has 216 valence electrons. The molecule has 0 N–H and O–H groups in total. The maximum atomic E-state index is 2.54. The lowest BCUT2D eigenvalue weighted by molar-refractivity contribution is 0.248. The van der Waals surface area contributed by atoms with Gasteiger partial charge in [0.2, 0.25) is 0 Å². The molecule has 6 aliphatic rings. The van der Waals surface area contributed by atoms with E-state index < -0.39 is 0 Å². The third-order valence-corrected chi connectivity index (χ3v) is 12.5. The van der Waals surface area contributed by atoms with Gasteiger partial charge in [-0.15, -0.1) is 0 Å². The Balaban J connectivity index is 0.000000133. The van der Waals surface area contributed by atoms with E-state index in [9.17, 15) is 0 Å². The summed E-state index contributed by atoms with van der Waals surface area (Å²) in [5.74, 6) is 1.91. The highest BCUT2D eigenvalue weighted by Crippen LogP contribution is 2.53. The quantitative estimate of drug-likeness (QED) is 0.292. The predicted molar refractivity (Wildman–Crippen MR) is 166 cm³/mol. The molecular weight excluding hydrogens is 460 g/mol.